The van der Waals surface area contributed by atoms with Gasteiger partial charge in [0.1, 0.15) is 5.82 Å². The van der Waals surface area contributed by atoms with Crippen LogP contribution in [0.3, 0.4) is 0 Å². The maximum atomic E-state index is 13.8. The fraction of sp³-hybridized carbons (Fsp3) is 0.467. The summed E-state index contributed by atoms with van der Waals surface area (Å²) in [4.78, 5) is 0. The highest BCUT2D eigenvalue weighted by atomic mass is 32.2. The van der Waals surface area contributed by atoms with E-state index in [9.17, 15) is 4.39 Å². The molecule has 0 amide bonds. The minimum atomic E-state index is -0.206. The van der Waals surface area contributed by atoms with Crippen LogP contribution in [0.4, 0.5) is 4.39 Å². The number of aliphatic hydroxyl groups is 1. The van der Waals surface area contributed by atoms with E-state index in [-0.39, 0.29) is 17.2 Å². The van der Waals surface area contributed by atoms with Gasteiger partial charge in [-0.2, -0.15) is 11.8 Å². The standard InChI is InChI=1S/C15H19FOS/c1-15(2,3)18-11-13-8-7-12(10-14(13)16)6-4-5-9-17/h7-8,10,17H,5,9,11H2,1-3H3. The van der Waals surface area contributed by atoms with Gasteiger partial charge in [-0.25, -0.2) is 4.39 Å². The Balaban J connectivity index is 2.72. The summed E-state index contributed by atoms with van der Waals surface area (Å²) >= 11 is 1.72. The number of hydrogen-bond donors (Lipinski definition) is 1. The van der Waals surface area contributed by atoms with Crippen LogP contribution in [0, 0.1) is 17.7 Å². The molecule has 0 atom stereocenters. The van der Waals surface area contributed by atoms with E-state index in [0.717, 1.165) is 0 Å². The Hall–Kier alpha value is -0.980. The number of hydrogen-bond acceptors (Lipinski definition) is 2. The van der Waals surface area contributed by atoms with Crippen molar-refractivity contribution < 1.29 is 9.50 Å². The molecule has 1 aromatic carbocycles. The number of benzene rings is 1. The van der Waals surface area contributed by atoms with Crippen LogP contribution in [-0.4, -0.2) is 16.5 Å². The highest BCUT2D eigenvalue weighted by molar-refractivity contribution is 7.99. The van der Waals surface area contributed by atoms with Gasteiger partial charge in [-0.15, -0.1) is 0 Å². The van der Waals surface area contributed by atoms with Gasteiger partial charge in [0.05, 0.1) is 6.61 Å². The molecule has 0 aliphatic carbocycles. The topological polar surface area (TPSA) is 20.2 Å². The third kappa shape index (κ3) is 5.57. The molecule has 0 heterocycles. The van der Waals surface area contributed by atoms with Crippen LogP contribution in [0.25, 0.3) is 0 Å². The quantitative estimate of drug-likeness (QED) is 0.844. The van der Waals surface area contributed by atoms with Gasteiger partial charge in [-0.1, -0.05) is 38.7 Å². The van der Waals surface area contributed by atoms with Crippen molar-refractivity contribution in [1.29, 1.82) is 0 Å². The van der Waals surface area contributed by atoms with Crippen molar-refractivity contribution in [3.63, 3.8) is 0 Å². The monoisotopic (exact) mass is 266 g/mol. The predicted molar refractivity (Wildman–Crippen MR) is 76.0 cm³/mol. The molecule has 1 rings (SSSR count). The van der Waals surface area contributed by atoms with Gasteiger partial charge in [0.25, 0.3) is 0 Å². The van der Waals surface area contributed by atoms with Gasteiger partial charge in [-0.3, -0.25) is 0 Å². The van der Waals surface area contributed by atoms with Crippen LogP contribution in [0.5, 0.6) is 0 Å². The Kier molecular flexibility index (Phi) is 5.71. The molecule has 0 unspecified atom stereocenters. The van der Waals surface area contributed by atoms with Crippen LogP contribution in [0.2, 0.25) is 0 Å². The Bertz CT molecular complexity index is 452. The van der Waals surface area contributed by atoms with Crippen molar-refractivity contribution >= 4 is 11.8 Å². The third-order valence-corrected chi connectivity index (χ3v) is 3.50. The molecule has 1 nitrogen and oxygen atoms in total. The fourth-order valence-corrected chi connectivity index (χ4v) is 2.08. The van der Waals surface area contributed by atoms with Crippen molar-refractivity contribution in [1.82, 2.24) is 0 Å². The summed E-state index contributed by atoms with van der Waals surface area (Å²) in [5, 5.41) is 8.61. The van der Waals surface area contributed by atoms with E-state index in [2.05, 4.69) is 32.6 Å². The molecule has 1 N–H and O–H groups in total. The summed E-state index contributed by atoms with van der Waals surface area (Å²) in [6, 6.07) is 5.08. The first kappa shape index (κ1) is 15.1. The van der Waals surface area contributed by atoms with Crippen molar-refractivity contribution in [3.05, 3.63) is 35.1 Å². The first-order valence-electron chi connectivity index (χ1n) is 5.94. The molecule has 98 valence electrons. The Morgan fingerprint density at radius 3 is 2.61 bits per heavy atom. The molecule has 0 saturated carbocycles. The van der Waals surface area contributed by atoms with Gasteiger partial charge in [-0.05, 0) is 17.7 Å². The summed E-state index contributed by atoms with van der Waals surface area (Å²) in [5.74, 6) is 6.07. The summed E-state index contributed by atoms with van der Waals surface area (Å²) in [5.41, 5.74) is 1.37. The molecule has 0 aliphatic rings. The first-order chi connectivity index (χ1) is 8.42. The van der Waals surface area contributed by atoms with Gasteiger partial charge in [0.2, 0.25) is 0 Å². The average molecular weight is 266 g/mol. The van der Waals surface area contributed by atoms with Crippen LogP contribution in [-0.2, 0) is 5.75 Å². The zero-order valence-electron chi connectivity index (χ0n) is 11.1. The molecular weight excluding hydrogens is 247 g/mol. The van der Waals surface area contributed by atoms with Crippen molar-refractivity contribution in [2.45, 2.75) is 37.7 Å². The van der Waals surface area contributed by atoms with Crippen molar-refractivity contribution in [2.24, 2.45) is 0 Å². The van der Waals surface area contributed by atoms with E-state index < -0.39 is 0 Å². The number of halogens is 1. The summed E-state index contributed by atoms with van der Waals surface area (Å²) in [7, 11) is 0. The number of aliphatic hydroxyl groups excluding tert-OH is 1. The lowest BCUT2D eigenvalue weighted by Crippen LogP contribution is -2.07. The van der Waals surface area contributed by atoms with E-state index in [1.165, 1.54) is 6.07 Å². The molecule has 0 aromatic heterocycles. The molecule has 0 aliphatic heterocycles. The Morgan fingerprint density at radius 1 is 1.33 bits per heavy atom. The fourth-order valence-electron chi connectivity index (χ4n) is 1.26. The lowest BCUT2D eigenvalue weighted by molar-refractivity contribution is 0.305. The minimum absolute atomic E-state index is 0.0375. The first-order valence-corrected chi connectivity index (χ1v) is 6.93. The van der Waals surface area contributed by atoms with Gasteiger partial charge >= 0.3 is 0 Å². The Morgan fingerprint density at radius 2 is 2.06 bits per heavy atom. The predicted octanol–water partition coefficient (Wildman–Crippen LogP) is 3.59. The lowest BCUT2D eigenvalue weighted by Gasteiger charge is -2.17. The van der Waals surface area contributed by atoms with Crippen LogP contribution in [0.1, 0.15) is 38.3 Å². The molecule has 0 fully saturated rings. The maximum Gasteiger partial charge on any atom is 0.128 e. The van der Waals surface area contributed by atoms with Gasteiger partial charge in [0, 0.05) is 22.5 Å². The van der Waals surface area contributed by atoms with Gasteiger partial charge < -0.3 is 5.11 Å². The maximum absolute atomic E-state index is 13.8. The third-order valence-electron chi connectivity index (χ3n) is 2.18. The molecule has 0 saturated heterocycles. The van der Waals surface area contributed by atoms with Crippen LogP contribution >= 0.6 is 11.8 Å². The molecule has 0 spiro atoms. The zero-order chi connectivity index (χ0) is 13.6. The minimum Gasteiger partial charge on any atom is -0.395 e. The lowest BCUT2D eigenvalue weighted by atomic mass is 10.1. The second-order valence-electron chi connectivity index (χ2n) is 4.98. The second-order valence-corrected chi connectivity index (χ2v) is 6.78. The highest BCUT2D eigenvalue weighted by Gasteiger charge is 2.12. The zero-order valence-corrected chi connectivity index (χ0v) is 11.9. The van der Waals surface area contributed by atoms with E-state index in [1.54, 1.807) is 17.8 Å². The molecule has 0 bridgehead atoms. The summed E-state index contributed by atoms with van der Waals surface area (Å²) in [6.07, 6.45) is 0.420. The van der Waals surface area contributed by atoms with Crippen molar-refractivity contribution in [2.75, 3.05) is 6.61 Å². The van der Waals surface area contributed by atoms with E-state index in [0.29, 0.717) is 23.3 Å². The van der Waals surface area contributed by atoms with Crippen LogP contribution < -0.4 is 0 Å². The SMILES string of the molecule is CC(C)(C)SCc1ccc(C#CCCO)cc1F. The van der Waals surface area contributed by atoms with E-state index in [4.69, 9.17) is 5.11 Å². The number of thioether (sulfide) groups is 1. The molecule has 0 radical (unpaired) electrons. The second kappa shape index (κ2) is 6.82. The molecule has 18 heavy (non-hydrogen) atoms. The number of rotatable bonds is 3. The summed E-state index contributed by atoms with van der Waals surface area (Å²) in [6.45, 7) is 6.38. The normalized spacial score (nSPS) is 10.9. The summed E-state index contributed by atoms with van der Waals surface area (Å²) < 4.78 is 13.9. The Labute approximate surface area is 113 Å². The smallest absolute Gasteiger partial charge is 0.128 e. The van der Waals surface area contributed by atoms with E-state index in [1.807, 2.05) is 6.07 Å². The van der Waals surface area contributed by atoms with Crippen LogP contribution in [0.15, 0.2) is 18.2 Å². The van der Waals surface area contributed by atoms with E-state index >= 15 is 0 Å². The molecular formula is C15H19FOS. The van der Waals surface area contributed by atoms with Gasteiger partial charge in [0.15, 0.2) is 0 Å². The molecule has 3 heteroatoms. The average Bonchev–Trinajstić information content (AvgIpc) is 2.27. The van der Waals surface area contributed by atoms with Crippen molar-refractivity contribution in [3.8, 4) is 11.8 Å². The molecule has 1 aromatic rings. The highest BCUT2D eigenvalue weighted by Crippen LogP contribution is 2.28. The largest absolute Gasteiger partial charge is 0.395 e.